The second-order valence-corrected chi connectivity index (χ2v) is 4.48. The first-order valence-electron chi connectivity index (χ1n) is 5.97. The number of hydrogen-bond donors (Lipinski definition) is 2. The zero-order valence-corrected chi connectivity index (χ0v) is 10.6. The molecule has 1 aromatic heterocycles. The zero-order valence-electron chi connectivity index (χ0n) is 10.6. The maximum absolute atomic E-state index is 13.2. The Balaban J connectivity index is 2.19. The number of nitrogens with two attached hydrogens (primary N) is 1. The lowest BCUT2D eigenvalue weighted by molar-refractivity contribution is 0.0960. The molecule has 0 saturated heterocycles. The van der Waals surface area contributed by atoms with Gasteiger partial charge in [-0.3, -0.25) is 4.79 Å². The van der Waals surface area contributed by atoms with Gasteiger partial charge in [0.1, 0.15) is 0 Å². The predicted molar refractivity (Wildman–Crippen MR) is 73.1 cm³/mol. The number of benzene rings is 2. The molecule has 2 aromatic carbocycles. The molecular weight excluding hydrogens is 280 g/mol. The first kappa shape index (κ1) is 13.0. The average Bonchev–Trinajstić information content (AvgIpc) is 2.76. The fourth-order valence-corrected chi connectivity index (χ4v) is 2.09. The van der Waals surface area contributed by atoms with Gasteiger partial charge >= 0.3 is 5.69 Å². The number of hydrogen-bond acceptors (Lipinski definition) is 3. The molecule has 21 heavy (non-hydrogen) atoms. The number of aromatic amines is 1. The summed E-state index contributed by atoms with van der Waals surface area (Å²) in [5.74, 6) is -2.97. The van der Waals surface area contributed by atoms with Gasteiger partial charge in [0, 0.05) is 11.3 Å². The Morgan fingerprint density at radius 2 is 1.86 bits per heavy atom. The summed E-state index contributed by atoms with van der Waals surface area (Å²) in [6.45, 7) is 0. The van der Waals surface area contributed by atoms with Crippen molar-refractivity contribution in [3.05, 3.63) is 64.1 Å². The topological polar surface area (TPSA) is 80.9 Å². The summed E-state index contributed by atoms with van der Waals surface area (Å²) in [4.78, 5) is 26.7. The van der Waals surface area contributed by atoms with Crippen LogP contribution in [0.4, 0.5) is 14.5 Å². The Bertz CT molecular complexity index is 928. The number of aromatic nitrogens is 2. The first-order chi connectivity index (χ1) is 9.97. The molecule has 106 valence electrons. The van der Waals surface area contributed by atoms with Gasteiger partial charge in [-0.2, -0.15) is 0 Å². The molecule has 0 saturated carbocycles. The Labute approximate surface area is 116 Å². The van der Waals surface area contributed by atoms with Gasteiger partial charge in [-0.1, -0.05) is 0 Å². The minimum absolute atomic E-state index is 0.131. The van der Waals surface area contributed by atoms with Gasteiger partial charge in [0.25, 0.3) is 5.91 Å². The molecule has 0 amide bonds. The van der Waals surface area contributed by atoms with E-state index in [2.05, 4.69) is 4.98 Å². The monoisotopic (exact) mass is 289 g/mol. The molecule has 1 heterocycles. The van der Waals surface area contributed by atoms with E-state index in [1.807, 2.05) is 0 Å². The maximum Gasteiger partial charge on any atom is 0.333 e. The summed E-state index contributed by atoms with van der Waals surface area (Å²) in [5, 5.41) is 0. The Morgan fingerprint density at radius 1 is 1.10 bits per heavy atom. The minimum atomic E-state index is -1.15. The van der Waals surface area contributed by atoms with Crippen molar-refractivity contribution in [2.24, 2.45) is 0 Å². The number of imidazole rings is 1. The third kappa shape index (κ3) is 2.08. The molecule has 0 fully saturated rings. The molecule has 3 N–H and O–H groups in total. The lowest BCUT2D eigenvalue weighted by Gasteiger charge is -2.03. The fourth-order valence-electron chi connectivity index (χ4n) is 2.09. The van der Waals surface area contributed by atoms with E-state index in [1.54, 1.807) is 0 Å². The molecule has 0 aliphatic carbocycles. The maximum atomic E-state index is 13.2. The summed E-state index contributed by atoms with van der Waals surface area (Å²) in [6.07, 6.45) is 0. The Hall–Kier alpha value is -2.96. The number of halogens is 2. The summed E-state index contributed by atoms with van der Waals surface area (Å²) >= 11 is 0. The Kier molecular flexibility index (Phi) is 2.83. The van der Waals surface area contributed by atoms with Gasteiger partial charge in [0.05, 0.1) is 11.0 Å². The van der Waals surface area contributed by atoms with Crippen molar-refractivity contribution in [2.75, 3.05) is 5.73 Å². The van der Waals surface area contributed by atoms with Crippen molar-refractivity contribution < 1.29 is 13.6 Å². The van der Waals surface area contributed by atoms with Crippen LogP contribution in [0.3, 0.4) is 0 Å². The molecule has 0 radical (unpaired) electrons. The van der Waals surface area contributed by atoms with Crippen LogP contribution in [0.15, 0.2) is 41.2 Å². The Morgan fingerprint density at radius 3 is 2.57 bits per heavy atom. The van der Waals surface area contributed by atoms with Gasteiger partial charge in [0.2, 0.25) is 0 Å². The number of nitrogen functional groups attached to an aromatic ring is 1. The molecule has 0 unspecified atom stereocenters. The zero-order chi connectivity index (χ0) is 15.1. The smallest absolute Gasteiger partial charge is 0.333 e. The number of carbonyl (C=O) groups is 1. The van der Waals surface area contributed by atoms with Crippen molar-refractivity contribution >= 4 is 22.6 Å². The van der Waals surface area contributed by atoms with E-state index in [9.17, 15) is 18.4 Å². The van der Waals surface area contributed by atoms with Crippen LogP contribution >= 0.6 is 0 Å². The molecule has 0 atom stereocenters. The van der Waals surface area contributed by atoms with E-state index < -0.39 is 23.2 Å². The summed E-state index contributed by atoms with van der Waals surface area (Å²) < 4.78 is 27.0. The van der Waals surface area contributed by atoms with Crippen LogP contribution in [0.5, 0.6) is 0 Å². The predicted octanol–water partition coefficient (Wildman–Crippen LogP) is 1.88. The SMILES string of the molecule is Nc1ccc2c(c1)[nH]c(=O)n2C(=O)c1ccc(F)c(F)c1. The lowest BCUT2D eigenvalue weighted by atomic mass is 10.2. The lowest BCUT2D eigenvalue weighted by Crippen LogP contribution is -2.24. The van der Waals surface area contributed by atoms with Crippen molar-refractivity contribution in [1.82, 2.24) is 9.55 Å². The second-order valence-electron chi connectivity index (χ2n) is 4.48. The fraction of sp³-hybridized carbons (Fsp3) is 0. The van der Waals surface area contributed by atoms with Gasteiger partial charge < -0.3 is 10.7 Å². The number of carbonyl (C=O) groups excluding carboxylic acids is 1. The van der Waals surface area contributed by atoms with E-state index in [0.29, 0.717) is 16.7 Å². The van der Waals surface area contributed by atoms with E-state index in [-0.39, 0.29) is 5.56 Å². The molecule has 3 aromatic rings. The van der Waals surface area contributed by atoms with Gasteiger partial charge in [-0.05, 0) is 36.4 Å². The van der Waals surface area contributed by atoms with Crippen LogP contribution in [0.2, 0.25) is 0 Å². The standard InChI is InChI=1S/C14H9F2N3O2/c15-9-3-1-7(5-10(9)16)13(20)19-12-4-2-8(17)6-11(12)18-14(19)21/h1-6H,17H2,(H,18,21). The minimum Gasteiger partial charge on any atom is -0.399 e. The van der Waals surface area contributed by atoms with Crippen molar-refractivity contribution in [1.29, 1.82) is 0 Å². The van der Waals surface area contributed by atoms with E-state index in [4.69, 9.17) is 5.73 Å². The highest BCUT2D eigenvalue weighted by Gasteiger charge is 2.17. The molecule has 3 rings (SSSR count). The number of nitrogens with zero attached hydrogens (tertiary/aromatic N) is 1. The highest BCUT2D eigenvalue weighted by atomic mass is 19.2. The van der Waals surface area contributed by atoms with Crippen LogP contribution < -0.4 is 11.4 Å². The molecule has 0 aliphatic heterocycles. The quantitative estimate of drug-likeness (QED) is 0.671. The third-order valence-corrected chi connectivity index (χ3v) is 3.08. The molecule has 7 heteroatoms. The van der Waals surface area contributed by atoms with Gasteiger partial charge in [-0.15, -0.1) is 0 Å². The molecule has 0 bridgehead atoms. The van der Waals surface area contributed by atoms with E-state index in [1.165, 1.54) is 18.2 Å². The summed E-state index contributed by atoms with van der Waals surface area (Å²) in [7, 11) is 0. The molecule has 5 nitrogen and oxygen atoms in total. The number of anilines is 1. The molecular formula is C14H9F2N3O2. The summed E-state index contributed by atoms with van der Waals surface area (Å²) in [6, 6.07) is 7.24. The second kappa shape index (κ2) is 4.55. The van der Waals surface area contributed by atoms with Crippen LogP contribution in [0, 0.1) is 11.6 Å². The normalized spacial score (nSPS) is 11.0. The number of rotatable bonds is 1. The van der Waals surface area contributed by atoms with Crippen LogP contribution in [-0.4, -0.2) is 15.5 Å². The first-order valence-corrected chi connectivity index (χ1v) is 5.97. The van der Waals surface area contributed by atoms with Crippen LogP contribution in [0.1, 0.15) is 10.4 Å². The van der Waals surface area contributed by atoms with Crippen LogP contribution in [-0.2, 0) is 0 Å². The van der Waals surface area contributed by atoms with Crippen LogP contribution in [0.25, 0.3) is 11.0 Å². The molecule has 0 spiro atoms. The van der Waals surface area contributed by atoms with E-state index >= 15 is 0 Å². The molecule has 0 aliphatic rings. The van der Waals surface area contributed by atoms with Crippen molar-refractivity contribution in [3.63, 3.8) is 0 Å². The highest BCUT2D eigenvalue weighted by molar-refractivity contribution is 6.01. The largest absolute Gasteiger partial charge is 0.399 e. The van der Waals surface area contributed by atoms with Gasteiger partial charge in [0.15, 0.2) is 11.6 Å². The number of H-pyrrole nitrogens is 1. The third-order valence-electron chi connectivity index (χ3n) is 3.08. The van der Waals surface area contributed by atoms with Crippen molar-refractivity contribution in [2.45, 2.75) is 0 Å². The summed E-state index contributed by atoms with van der Waals surface area (Å²) in [5.41, 5.74) is 5.91. The number of nitrogens with one attached hydrogen (secondary N) is 1. The van der Waals surface area contributed by atoms with Gasteiger partial charge in [-0.25, -0.2) is 18.1 Å². The number of fused-ring (bicyclic) bond motifs is 1. The average molecular weight is 289 g/mol. The van der Waals surface area contributed by atoms with E-state index in [0.717, 1.165) is 22.8 Å². The van der Waals surface area contributed by atoms with Crippen molar-refractivity contribution in [3.8, 4) is 0 Å². The highest BCUT2D eigenvalue weighted by Crippen LogP contribution is 2.16.